The molecule has 0 amide bonds. The molecule has 0 aliphatic heterocycles. The van der Waals surface area contributed by atoms with Crippen LogP contribution in [0.3, 0.4) is 0 Å². The fraction of sp³-hybridized carbons (Fsp3) is 0.600. The van der Waals surface area contributed by atoms with Crippen LogP contribution in [0.15, 0.2) is 29.5 Å². The number of rotatable bonds is 4. The molecule has 3 N–H and O–H groups in total. The number of guanidine groups is 1. The van der Waals surface area contributed by atoms with Crippen LogP contribution < -0.4 is 11.3 Å². The maximum absolute atomic E-state index is 5.63. The third kappa shape index (κ3) is 4.49. The highest BCUT2D eigenvalue weighted by atomic mass is 15.4. The summed E-state index contributed by atoms with van der Waals surface area (Å²) in [6.07, 6.45) is 10.9. The molecule has 1 saturated carbocycles. The van der Waals surface area contributed by atoms with Crippen LogP contribution >= 0.6 is 0 Å². The van der Waals surface area contributed by atoms with Gasteiger partial charge in [-0.25, -0.2) is 10.8 Å². The Labute approximate surface area is 121 Å². The largest absolute Gasteiger partial charge is 0.345 e. The summed E-state index contributed by atoms with van der Waals surface area (Å²) in [5.41, 5.74) is 4.03. The fourth-order valence-corrected chi connectivity index (χ4v) is 2.58. The topological polar surface area (TPSA) is 66.5 Å². The lowest BCUT2D eigenvalue weighted by Crippen LogP contribution is -2.44. The van der Waals surface area contributed by atoms with E-state index in [1.54, 1.807) is 0 Å². The number of nitrogens with two attached hydrogens (primary N) is 1. The van der Waals surface area contributed by atoms with Crippen molar-refractivity contribution in [3.05, 3.63) is 30.1 Å². The molecule has 0 bridgehead atoms. The molecule has 0 radical (unpaired) electrons. The Morgan fingerprint density at radius 2 is 2.05 bits per heavy atom. The van der Waals surface area contributed by atoms with Gasteiger partial charge in [-0.3, -0.25) is 10.4 Å². The summed E-state index contributed by atoms with van der Waals surface area (Å²) in [5.74, 6) is 6.42. The standard InChI is InChI=1S/C15H25N5/c1-20(12-9-13-7-10-17-11-8-13)15(19-16)18-14-5-3-2-4-6-14/h7-8,10-11,14H,2-6,9,12,16H2,1H3,(H,18,19). The lowest BCUT2D eigenvalue weighted by Gasteiger charge is -2.24. The predicted molar refractivity (Wildman–Crippen MR) is 82.2 cm³/mol. The maximum Gasteiger partial charge on any atom is 0.208 e. The summed E-state index contributed by atoms with van der Waals surface area (Å²) in [6, 6.07) is 4.52. The average molecular weight is 275 g/mol. The molecule has 0 saturated heterocycles. The summed E-state index contributed by atoms with van der Waals surface area (Å²) in [4.78, 5) is 10.9. The van der Waals surface area contributed by atoms with Crippen molar-refractivity contribution in [3.8, 4) is 0 Å². The molecular formula is C15H25N5. The first-order chi connectivity index (χ1) is 9.79. The first-order valence-corrected chi connectivity index (χ1v) is 7.44. The van der Waals surface area contributed by atoms with Crippen LogP contribution in [-0.2, 0) is 6.42 Å². The second-order valence-electron chi connectivity index (χ2n) is 5.42. The van der Waals surface area contributed by atoms with E-state index in [-0.39, 0.29) is 0 Å². The third-order valence-electron chi connectivity index (χ3n) is 3.86. The first kappa shape index (κ1) is 14.8. The van der Waals surface area contributed by atoms with Crippen LogP contribution in [0.2, 0.25) is 0 Å². The molecule has 1 fully saturated rings. The van der Waals surface area contributed by atoms with Gasteiger partial charge in [0.25, 0.3) is 0 Å². The molecule has 1 aromatic heterocycles. The van der Waals surface area contributed by atoms with E-state index in [0.717, 1.165) is 18.9 Å². The minimum Gasteiger partial charge on any atom is -0.345 e. The molecule has 0 atom stereocenters. The second-order valence-corrected chi connectivity index (χ2v) is 5.42. The van der Waals surface area contributed by atoms with Gasteiger partial charge in [-0.05, 0) is 37.0 Å². The molecule has 0 aromatic carbocycles. The van der Waals surface area contributed by atoms with Crippen molar-refractivity contribution in [1.29, 1.82) is 0 Å². The molecule has 2 rings (SSSR count). The molecule has 0 unspecified atom stereocenters. The summed E-state index contributed by atoms with van der Waals surface area (Å²) in [5, 5.41) is 0. The predicted octanol–water partition coefficient (Wildman–Crippen LogP) is 1.71. The van der Waals surface area contributed by atoms with E-state index in [4.69, 9.17) is 10.8 Å². The van der Waals surface area contributed by atoms with E-state index in [1.807, 2.05) is 31.6 Å². The lowest BCUT2D eigenvalue weighted by molar-refractivity contribution is 0.425. The quantitative estimate of drug-likeness (QED) is 0.380. The van der Waals surface area contributed by atoms with E-state index in [1.165, 1.54) is 37.7 Å². The van der Waals surface area contributed by atoms with Crippen LogP contribution in [0.1, 0.15) is 37.7 Å². The Kier molecular flexibility index (Phi) is 5.80. The molecule has 5 nitrogen and oxygen atoms in total. The summed E-state index contributed by atoms with van der Waals surface area (Å²) in [6.45, 7) is 0.889. The van der Waals surface area contributed by atoms with Crippen LogP contribution in [0, 0.1) is 0 Å². The van der Waals surface area contributed by atoms with Gasteiger partial charge in [0.05, 0.1) is 6.04 Å². The zero-order valence-electron chi connectivity index (χ0n) is 12.3. The number of pyridine rings is 1. The second kappa shape index (κ2) is 7.85. The van der Waals surface area contributed by atoms with Gasteiger partial charge in [0.1, 0.15) is 0 Å². The monoisotopic (exact) mass is 275 g/mol. The highest BCUT2D eigenvalue weighted by Gasteiger charge is 2.14. The van der Waals surface area contributed by atoms with Gasteiger partial charge in [-0.1, -0.05) is 19.3 Å². The smallest absolute Gasteiger partial charge is 0.208 e. The van der Waals surface area contributed by atoms with Crippen molar-refractivity contribution < 1.29 is 0 Å². The molecule has 5 heteroatoms. The van der Waals surface area contributed by atoms with Crippen LogP contribution in [0.25, 0.3) is 0 Å². The average Bonchev–Trinajstić information content (AvgIpc) is 2.52. The van der Waals surface area contributed by atoms with Gasteiger partial charge < -0.3 is 4.90 Å². The minimum atomic E-state index is 0.429. The maximum atomic E-state index is 5.63. The molecule has 1 heterocycles. The van der Waals surface area contributed by atoms with Gasteiger partial charge in [0.2, 0.25) is 5.96 Å². The van der Waals surface area contributed by atoms with Gasteiger partial charge in [0, 0.05) is 26.0 Å². The normalized spacial score (nSPS) is 17.0. The number of hydrogen-bond acceptors (Lipinski definition) is 3. The van der Waals surface area contributed by atoms with Crippen molar-refractivity contribution >= 4 is 5.96 Å². The Morgan fingerprint density at radius 3 is 2.70 bits per heavy atom. The van der Waals surface area contributed by atoms with E-state index >= 15 is 0 Å². The van der Waals surface area contributed by atoms with Crippen LogP contribution in [0.5, 0.6) is 0 Å². The lowest BCUT2D eigenvalue weighted by atomic mass is 9.96. The van der Waals surface area contributed by atoms with Crippen molar-refractivity contribution in [2.75, 3.05) is 13.6 Å². The zero-order valence-corrected chi connectivity index (χ0v) is 12.3. The third-order valence-corrected chi connectivity index (χ3v) is 3.86. The summed E-state index contributed by atoms with van der Waals surface area (Å²) in [7, 11) is 2.03. The Balaban J connectivity index is 1.87. The molecule has 1 aliphatic rings. The minimum absolute atomic E-state index is 0.429. The Morgan fingerprint density at radius 1 is 1.35 bits per heavy atom. The van der Waals surface area contributed by atoms with E-state index in [0.29, 0.717) is 6.04 Å². The van der Waals surface area contributed by atoms with E-state index in [2.05, 4.69) is 15.3 Å². The number of aliphatic imine (C=N–C) groups is 1. The van der Waals surface area contributed by atoms with Crippen molar-refractivity contribution in [2.45, 2.75) is 44.6 Å². The van der Waals surface area contributed by atoms with Gasteiger partial charge in [-0.2, -0.15) is 0 Å². The highest BCUT2D eigenvalue weighted by molar-refractivity contribution is 5.79. The Bertz CT molecular complexity index is 412. The van der Waals surface area contributed by atoms with Crippen LogP contribution in [0.4, 0.5) is 0 Å². The van der Waals surface area contributed by atoms with Gasteiger partial charge in [-0.15, -0.1) is 0 Å². The van der Waals surface area contributed by atoms with Crippen molar-refractivity contribution in [3.63, 3.8) is 0 Å². The van der Waals surface area contributed by atoms with Gasteiger partial charge in [0.15, 0.2) is 0 Å². The molecule has 1 aromatic rings. The van der Waals surface area contributed by atoms with Crippen molar-refractivity contribution in [1.82, 2.24) is 15.3 Å². The summed E-state index contributed by atoms with van der Waals surface area (Å²) >= 11 is 0. The van der Waals surface area contributed by atoms with E-state index < -0.39 is 0 Å². The number of likely N-dealkylation sites (N-methyl/N-ethyl adjacent to an activating group) is 1. The van der Waals surface area contributed by atoms with Gasteiger partial charge >= 0.3 is 0 Å². The molecule has 0 spiro atoms. The molecule has 110 valence electrons. The SMILES string of the molecule is CN(CCc1ccncc1)C(=NC1CCCCC1)NN. The number of nitrogens with zero attached hydrogens (tertiary/aromatic N) is 3. The van der Waals surface area contributed by atoms with E-state index in [9.17, 15) is 0 Å². The number of nitrogens with one attached hydrogen (secondary N) is 1. The molecule has 1 aliphatic carbocycles. The van der Waals surface area contributed by atoms with Crippen LogP contribution in [-0.4, -0.2) is 35.5 Å². The zero-order chi connectivity index (χ0) is 14.2. The van der Waals surface area contributed by atoms with Crippen molar-refractivity contribution in [2.24, 2.45) is 10.8 Å². The number of hydrogen-bond donors (Lipinski definition) is 2. The molecular weight excluding hydrogens is 250 g/mol. The first-order valence-electron chi connectivity index (χ1n) is 7.44. The summed E-state index contributed by atoms with van der Waals surface area (Å²) < 4.78 is 0. The highest BCUT2D eigenvalue weighted by Crippen LogP contribution is 2.20. The number of hydrazine groups is 1. The Hall–Kier alpha value is -1.62. The fourth-order valence-electron chi connectivity index (χ4n) is 2.58. The molecule has 20 heavy (non-hydrogen) atoms. The number of aromatic nitrogens is 1.